The highest BCUT2D eigenvalue weighted by Gasteiger charge is 1.99. The monoisotopic (exact) mass is 307 g/mol. The van der Waals surface area contributed by atoms with Crippen molar-refractivity contribution >= 4 is 17.6 Å². The van der Waals surface area contributed by atoms with Gasteiger partial charge in [-0.15, -0.1) is 0 Å². The van der Waals surface area contributed by atoms with Crippen molar-refractivity contribution in [2.24, 2.45) is 4.99 Å². The first-order valence-corrected chi connectivity index (χ1v) is 7.68. The van der Waals surface area contributed by atoms with E-state index < -0.39 is 0 Å². The Balaban J connectivity index is 1.98. The molecule has 0 bridgehead atoms. The SMILES string of the molecule is CCOc1ccc(N=Cc2ccc(N(C)CCC#N)cc2)cc1. The number of rotatable bonds is 7. The first kappa shape index (κ1) is 16.6. The van der Waals surface area contributed by atoms with Crippen molar-refractivity contribution in [2.75, 3.05) is 25.1 Å². The van der Waals surface area contributed by atoms with Crippen LogP contribution in [-0.2, 0) is 0 Å². The summed E-state index contributed by atoms with van der Waals surface area (Å²) in [5.41, 5.74) is 3.03. The molecule has 2 rings (SSSR count). The molecular weight excluding hydrogens is 286 g/mol. The Kier molecular flexibility index (Phi) is 6.19. The van der Waals surface area contributed by atoms with Crippen LogP contribution in [0.25, 0.3) is 0 Å². The van der Waals surface area contributed by atoms with E-state index in [9.17, 15) is 0 Å². The molecule has 118 valence electrons. The summed E-state index contributed by atoms with van der Waals surface area (Å²) in [6, 6.07) is 18.0. The summed E-state index contributed by atoms with van der Waals surface area (Å²) in [7, 11) is 1.99. The molecule has 0 aliphatic carbocycles. The van der Waals surface area contributed by atoms with E-state index in [0.717, 1.165) is 29.2 Å². The molecule has 0 radical (unpaired) electrons. The number of nitriles is 1. The highest BCUT2D eigenvalue weighted by Crippen LogP contribution is 2.18. The average Bonchev–Trinajstić information content (AvgIpc) is 2.60. The fourth-order valence-electron chi connectivity index (χ4n) is 2.11. The molecule has 0 spiro atoms. The topological polar surface area (TPSA) is 48.6 Å². The number of nitrogens with zero attached hydrogens (tertiary/aromatic N) is 3. The maximum atomic E-state index is 8.63. The van der Waals surface area contributed by atoms with Crippen LogP contribution in [-0.4, -0.2) is 26.4 Å². The number of anilines is 1. The molecule has 0 amide bonds. The van der Waals surface area contributed by atoms with Crippen LogP contribution in [0.15, 0.2) is 53.5 Å². The second kappa shape index (κ2) is 8.60. The van der Waals surface area contributed by atoms with E-state index >= 15 is 0 Å². The van der Waals surface area contributed by atoms with Crippen molar-refractivity contribution in [1.29, 1.82) is 5.26 Å². The Morgan fingerprint density at radius 3 is 2.43 bits per heavy atom. The van der Waals surface area contributed by atoms with Gasteiger partial charge in [0.2, 0.25) is 0 Å². The van der Waals surface area contributed by atoms with Gasteiger partial charge < -0.3 is 9.64 Å². The van der Waals surface area contributed by atoms with E-state index in [1.807, 2.05) is 68.7 Å². The number of aliphatic imine (C=N–C) groups is 1. The fourth-order valence-corrected chi connectivity index (χ4v) is 2.11. The highest BCUT2D eigenvalue weighted by molar-refractivity contribution is 5.82. The first-order valence-electron chi connectivity index (χ1n) is 7.68. The zero-order chi connectivity index (χ0) is 16.5. The van der Waals surface area contributed by atoms with Crippen LogP contribution in [0.1, 0.15) is 18.9 Å². The van der Waals surface area contributed by atoms with Gasteiger partial charge in [0.1, 0.15) is 5.75 Å². The molecule has 2 aromatic carbocycles. The molecule has 0 heterocycles. The third-order valence-electron chi connectivity index (χ3n) is 3.40. The van der Waals surface area contributed by atoms with E-state index in [2.05, 4.69) is 16.0 Å². The van der Waals surface area contributed by atoms with E-state index in [0.29, 0.717) is 13.0 Å². The van der Waals surface area contributed by atoms with Gasteiger partial charge >= 0.3 is 0 Å². The van der Waals surface area contributed by atoms with Gasteiger partial charge in [-0.3, -0.25) is 4.99 Å². The van der Waals surface area contributed by atoms with Gasteiger partial charge in [0.25, 0.3) is 0 Å². The summed E-state index contributed by atoms with van der Waals surface area (Å²) in [4.78, 5) is 6.53. The van der Waals surface area contributed by atoms with Gasteiger partial charge in [-0.1, -0.05) is 12.1 Å². The second-order valence-corrected chi connectivity index (χ2v) is 5.11. The fraction of sp³-hybridized carbons (Fsp3) is 0.263. The third kappa shape index (κ3) is 5.15. The predicted molar refractivity (Wildman–Crippen MR) is 94.8 cm³/mol. The molecule has 0 aromatic heterocycles. The molecule has 23 heavy (non-hydrogen) atoms. The predicted octanol–water partition coefficient (Wildman–Crippen LogP) is 4.19. The molecule has 0 unspecified atom stereocenters. The van der Waals surface area contributed by atoms with Crippen LogP contribution in [0, 0.1) is 11.3 Å². The Morgan fingerprint density at radius 2 is 1.83 bits per heavy atom. The summed E-state index contributed by atoms with van der Waals surface area (Å²) in [6.45, 7) is 3.36. The van der Waals surface area contributed by atoms with E-state index in [4.69, 9.17) is 10.00 Å². The summed E-state index contributed by atoms with van der Waals surface area (Å²) in [5, 5.41) is 8.63. The van der Waals surface area contributed by atoms with Crippen LogP contribution < -0.4 is 9.64 Å². The van der Waals surface area contributed by atoms with Gasteiger partial charge in [0.05, 0.1) is 24.8 Å². The van der Waals surface area contributed by atoms with Crippen LogP contribution >= 0.6 is 0 Å². The maximum Gasteiger partial charge on any atom is 0.119 e. The molecule has 0 N–H and O–H groups in total. The lowest BCUT2D eigenvalue weighted by Gasteiger charge is -2.17. The van der Waals surface area contributed by atoms with E-state index in [1.165, 1.54) is 0 Å². The number of benzene rings is 2. The Labute approximate surface area is 137 Å². The van der Waals surface area contributed by atoms with Crippen LogP contribution in [0.4, 0.5) is 11.4 Å². The zero-order valence-corrected chi connectivity index (χ0v) is 13.6. The Hall–Kier alpha value is -2.80. The van der Waals surface area contributed by atoms with Crippen molar-refractivity contribution in [2.45, 2.75) is 13.3 Å². The van der Waals surface area contributed by atoms with Gasteiger partial charge in [-0.2, -0.15) is 5.26 Å². The lowest BCUT2D eigenvalue weighted by Crippen LogP contribution is -2.17. The van der Waals surface area contributed by atoms with Crippen LogP contribution in [0.2, 0.25) is 0 Å². The molecule has 0 aliphatic rings. The van der Waals surface area contributed by atoms with Gasteiger partial charge in [0, 0.05) is 25.5 Å². The Morgan fingerprint density at radius 1 is 1.13 bits per heavy atom. The van der Waals surface area contributed by atoms with E-state index in [1.54, 1.807) is 0 Å². The third-order valence-corrected chi connectivity index (χ3v) is 3.40. The minimum absolute atomic E-state index is 0.525. The molecule has 0 fully saturated rings. The maximum absolute atomic E-state index is 8.63. The molecule has 0 saturated carbocycles. The van der Waals surface area contributed by atoms with E-state index in [-0.39, 0.29) is 0 Å². The zero-order valence-electron chi connectivity index (χ0n) is 13.6. The van der Waals surface area contributed by atoms with Crippen molar-refractivity contribution in [3.63, 3.8) is 0 Å². The first-order chi connectivity index (χ1) is 11.2. The number of hydrogen-bond acceptors (Lipinski definition) is 4. The summed E-state index contributed by atoms with van der Waals surface area (Å²) in [5.74, 6) is 0.858. The molecule has 0 saturated heterocycles. The summed E-state index contributed by atoms with van der Waals surface area (Å²) in [6.07, 6.45) is 2.37. The number of hydrogen-bond donors (Lipinski definition) is 0. The standard InChI is InChI=1S/C19H21N3O/c1-3-23-19-11-7-17(8-12-19)21-15-16-5-9-18(10-6-16)22(2)14-4-13-20/h5-12,15H,3-4,14H2,1-2H3. The van der Waals surface area contributed by atoms with Gasteiger partial charge in [0.15, 0.2) is 0 Å². The molecule has 2 aromatic rings. The number of ether oxygens (including phenoxy) is 1. The lowest BCUT2D eigenvalue weighted by molar-refractivity contribution is 0.340. The quantitative estimate of drug-likeness (QED) is 0.721. The largest absolute Gasteiger partial charge is 0.494 e. The van der Waals surface area contributed by atoms with Gasteiger partial charge in [-0.25, -0.2) is 0 Å². The molecule has 4 nitrogen and oxygen atoms in total. The average molecular weight is 307 g/mol. The molecular formula is C19H21N3O. The van der Waals surface area contributed by atoms with Crippen molar-refractivity contribution in [3.8, 4) is 11.8 Å². The molecule has 0 aliphatic heterocycles. The smallest absolute Gasteiger partial charge is 0.119 e. The normalized spacial score (nSPS) is 10.5. The minimum Gasteiger partial charge on any atom is -0.494 e. The highest BCUT2D eigenvalue weighted by atomic mass is 16.5. The molecule has 0 atom stereocenters. The summed E-state index contributed by atoms with van der Waals surface area (Å²) >= 11 is 0. The minimum atomic E-state index is 0.525. The van der Waals surface area contributed by atoms with Crippen molar-refractivity contribution in [1.82, 2.24) is 0 Å². The summed E-state index contributed by atoms with van der Waals surface area (Å²) < 4.78 is 5.41. The molecule has 4 heteroatoms. The van der Waals surface area contributed by atoms with Crippen molar-refractivity contribution in [3.05, 3.63) is 54.1 Å². The van der Waals surface area contributed by atoms with Crippen molar-refractivity contribution < 1.29 is 4.74 Å². The second-order valence-electron chi connectivity index (χ2n) is 5.11. The lowest BCUT2D eigenvalue weighted by atomic mass is 10.2. The van der Waals surface area contributed by atoms with Crippen LogP contribution in [0.5, 0.6) is 5.75 Å². The Bertz CT molecular complexity index is 669. The van der Waals surface area contributed by atoms with Gasteiger partial charge in [-0.05, 0) is 48.9 Å². The van der Waals surface area contributed by atoms with Crippen LogP contribution in [0.3, 0.4) is 0 Å².